The number of nitrogens with zero attached hydrogens (tertiary/aromatic N) is 3. The van der Waals surface area contributed by atoms with Crippen molar-refractivity contribution >= 4 is 33.2 Å². The molecule has 2 aliphatic heterocycles. The predicted molar refractivity (Wildman–Crippen MR) is 119 cm³/mol. The van der Waals surface area contributed by atoms with Crippen molar-refractivity contribution in [2.75, 3.05) is 44.2 Å². The lowest BCUT2D eigenvalue weighted by Gasteiger charge is -2.36. The average Bonchev–Trinajstić information content (AvgIpc) is 2.95. The molecule has 2 aliphatic rings. The number of anilines is 1. The van der Waals surface area contributed by atoms with Crippen molar-refractivity contribution in [3.8, 4) is 0 Å². The predicted octanol–water partition coefficient (Wildman–Crippen LogP) is 3.48. The fraction of sp³-hybridized carbons (Fsp3) is 0.409. The van der Waals surface area contributed by atoms with Crippen LogP contribution >= 0.6 is 11.6 Å². The second-order valence-corrected chi connectivity index (χ2v) is 10.0. The maximum absolute atomic E-state index is 12.6. The number of carbonyl (C=O) groups is 1. The molecule has 0 radical (unpaired) electrons. The zero-order valence-electron chi connectivity index (χ0n) is 16.8. The largest absolute Gasteiger partial charge is 0.369 e. The van der Waals surface area contributed by atoms with E-state index in [2.05, 4.69) is 21.9 Å². The van der Waals surface area contributed by atoms with Crippen molar-refractivity contribution in [2.45, 2.75) is 24.2 Å². The smallest absolute Gasteiger partial charge is 0.269 e. The SMILES string of the molecule is O=C1c2ccccc2S(=O)(=O)N1CCCCCN1CCN(c2ccc(Cl)cc2)CC1. The highest BCUT2D eigenvalue weighted by atomic mass is 35.5. The lowest BCUT2D eigenvalue weighted by molar-refractivity contribution is 0.0869. The molecule has 0 spiro atoms. The Kier molecular flexibility index (Phi) is 6.32. The van der Waals surface area contributed by atoms with Crippen LogP contribution in [0.25, 0.3) is 0 Å². The highest BCUT2D eigenvalue weighted by molar-refractivity contribution is 7.90. The summed E-state index contributed by atoms with van der Waals surface area (Å²) in [6.45, 7) is 5.24. The van der Waals surface area contributed by atoms with Crippen LogP contribution in [-0.2, 0) is 10.0 Å². The van der Waals surface area contributed by atoms with Crippen LogP contribution in [-0.4, -0.2) is 62.8 Å². The van der Waals surface area contributed by atoms with Gasteiger partial charge in [0.2, 0.25) is 0 Å². The minimum absolute atomic E-state index is 0.133. The van der Waals surface area contributed by atoms with Crippen molar-refractivity contribution in [1.29, 1.82) is 0 Å². The standard InChI is InChI=1S/C22H26ClN3O3S/c23-18-8-10-19(11-9-18)25-16-14-24(15-17-25)12-4-1-5-13-26-22(27)20-6-2-3-7-21(20)30(26,28)29/h2-3,6-11H,1,4-5,12-17H2. The zero-order valence-corrected chi connectivity index (χ0v) is 18.4. The second-order valence-electron chi connectivity index (χ2n) is 7.74. The highest BCUT2D eigenvalue weighted by Gasteiger charge is 2.40. The van der Waals surface area contributed by atoms with Crippen LogP contribution in [0.4, 0.5) is 5.69 Å². The Labute approximate surface area is 183 Å². The van der Waals surface area contributed by atoms with Crippen LogP contribution in [0.5, 0.6) is 0 Å². The first kappa shape index (κ1) is 21.2. The van der Waals surface area contributed by atoms with E-state index in [9.17, 15) is 13.2 Å². The van der Waals surface area contributed by atoms with Crippen LogP contribution in [0, 0.1) is 0 Å². The van der Waals surface area contributed by atoms with E-state index in [0.717, 1.165) is 54.9 Å². The molecule has 0 aromatic heterocycles. The third-order valence-electron chi connectivity index (χ3n) is 5.81. The first-order valence-corrected chi connectivity index (χ1v) is 12.2. The number of amides is 1. The highest BCUT2D eigenvalue weighted by Crippen LogP contribution is 2.30. The number of rotatable bonds is 7. The third-order valence-corrected chi connectivity index (χ3v) is 7.90. The Hall–Kier alpha value is -2.09. The minimum atomic E-state index is -3.68. The van der Waals surface area contributed by atoms with Gasteiger partial charge in [-0.05, 0) is 55.8 Å². The van der Waals surface area contributed by atoms with E-state index in [0.29, 0.717) is 6.42 Å². The topological polar surface area (TPSA) is 60.9 Å². The molecule has 0 saturated carbocycles. The summed E-state index contributed by atoms with van der Waals surface area (Å²) in [7, 11) is -3.68. The van der Waals surface area contributed by atoms with Crippen molar-refractivity contribution in [1.82, 2.24) is 9.21 Å². The van der Waals surface area contributed by atoms with Gasteiger partial charge in [-0.15, -0.1) is 0 Å². The van der Waals surface area contributed by atoms with E-state index < -0.39 is 15.9 Å². The quantitative estimate of drug-likeness (QED) is 0.608. The molecule has 0 aliphatic carbocycles. The summed E-state index contributed by atoms with van der Waals surface area (Å²) in [5.74, 6) is -0.399. The average molecular weight is 448 g/mol. The van der Waals surface area contributed by atoms with Gasteiger partial charge in [-0.2, -0.15) is 0 Å². The summed E-state index contributed by atoms with van der Waals surface area (Å²) in [5, 5.41) is 0.754. The number of halogens is 1. The number of benzene rings is 2. The number of sulfonamides is 1. The molecule has 160 valence electrons. The first-order chi connectivity index (χ1) is 14.5. The van der Waals surface area contributed by atoms with E-state index in [1.807, 2.05) is 12.1 Å². The summed E-state index contributed by atoms with van der Waals surface area (Å²) >= 11 is 5.96. The van der Waals surface area contributed by atoms with Gasteiger partial charge in [-0.25, -0.2) is 12.7 Å². The third kappa shape index (κ3) is 4.33. The van der Waals surface area contributed by atoms with E-state index in [4.69, 9.17) is 11.6 Å². The van der Waals surface area contributed by atoms with Gasteiger partial charge in [0.15, 0.2) is 0 Å². The summed E-state index contributed by atoms with van der Waals surface area (Å²) in [6.07, 6.45) is 2.58. The number of carbonyl (C=O) groups excluding carboxylic acids is 1. The van der Waals surface area contributed by atoms with Crippen LogP contribution < -0.4 is 4.90 Å². The van der Waals surface area contributed by atoms with Crippen LogP contribution in [0.1, 0.15) is 29.6 Å². The van der Waals surface area contributed by atoms with Crippen molar-refractivity contribution in [3.63, 3.8) is 0 Å². The zero-order chi connectivity index (χ0) is 21.1. The molecular formula is C22H26ClN3O3S. The fourth-order valence-electron chi connectivity index (χ4n) is 4.10. The molecule has 8 heteroatoms. The molecule has 2 aromatic rings. The molecule has 0 atom stereocenters. The molecule has 0 bridgehead atoms. The first-order valence-electron chi connectivity index (χ1n) is 10.4. The molecule has 1 amide bonds. The van der Waals surface area contributed by atoms with E-state index in [1.165, 1.54) is 11.8 Å². The Balaban J connectivity index is 1.18. The molecule has 0 unspecified atom stereocenters. The van der Waals surface area contributed by atoms with Crippen molar-refractivity contribution in [2.24, 2.45) is 0 Å². The summed E-state index contributed by atoms with van der Waals surface area (Å²) in [6, 6.07) is 14.4. The number of unbranched alkanes of at least 4 members (excludes halogenated alkanes) is 2. The summed E-state index contributed by atoms with van der Waals surface area (Å²) in [5.41, 5.74) is 1.49. The van der Waals surface area contributed by atoms with Gasteiger partial charge < -0.3 is 4.90 Å². The molecule has 0 N–H and O–H groups in total. The summed E-state index contributed by atoms with van der Waals surface area (Å²) < 4.78 is 26.1. The van der Waals surface area contributed by atoms with E-state index in [-0.39, 0.29) is 17.0 Å². The van der Waals surface area contributed by atoms with Gasteiger partial charge in [-0.3, -0.25) is 9.69 Å². The van der Waals surface area contributed by atoms with Gasteiger partial charge in [0.25, 0.3) is 15.9 Å². The Morgan fingerprint density at radius 3 is 2.20 bits per heavy atom. The Morgan fingerprint density at radius 1 is 0.833 bits per heavy atom. The van der Waals surface area contributed by atoms with Crippen LogP contribution in [0.2, 0.25) is 5.02 Å². The van der Waals surface area contributed by atoms with Gasteiger partial charge in [-0.1, -0.05) is 30.2 Å². The lowest BCUT2D eigenvalue weighted by atomic mass is 10.2. The van der Waals surface area contributed by atoms with E-state index >= 15 is 0 Å². The molecule has 2 aromatic carbocycles. The molecule has 2 heterocycles. The fourth-order valence-corrected chi connectivity index (χ4v) is 5.83. The van der Waals surface area contributed by atoms with Gasteiger partial charge in [0.1, 0.15) is 4.90 Å². The molecule has 1 fully saturated rings. The van der Waals surface area contributed by atoms with Gasteiger partial charge in [0.05, 0.1) is 5.56 Å². The monoisotopic (exact) mass is 447 g/mol. The Bertz CT molecular complexity index is 1000. The summed E-state index contributed by atoms with van der Waals surface area (Å²) in [4.78, 5) is 17.4. The van der Waals surface area contributed by atoms with Crippen molar-refractivity contribution in [3.05, 3.63) is 59.1 Å². The minimum Gasteiger partial charge on any atom is -0.369 e. The van der Waals surface area contributed by atoms with E-state index in [1.54, 1.807) is 18.2 Å². The lowest BCUT2D eigenvalue weighted by Crippen LogP contribution is -2.46. The molecule has 30 heavy (non-hydrogen) atoms. The number of hydrogen-bond acceptors (Lipinski definition) is 5. The second kappa shape index (κ2) is 8.96. The van der Waals surface area contributed by atoms with Crippen molar-refractivity contribution < 1.29 is 13.2 Å². The molecule has 4 rings (SSSR count). The number of fused-ring (bicyclic) bond motifs is 1. The number of hydrogen-bond donors (Lipinski definition) is 0. The van der Waals surface area contributed by atoms with Gasteiger partial charge >= 0.3 is 0 Å². The van der Waals surface area contributed by atoms with Crippen LogP contribution in [0.3, 0.4) is 0 Å². The maximum atomic E-state index is 12.6. The van der Waals surface area contributed by atoms with Gasteiger partial charge in [0, 0.05) is 43.4 Å². The number of piperazine rings is 1. The molecular weight excluding hydrogens is 422 g/mol. The normalized spacial score (nSPS) is 18.6. The van der Waals surface area contributed by atoms with Crippen LogP contribution in [0.15, 0.2) is 53.4 Å². The molecule has 1 saturated heterocycles. The maximum Gasteiger partial charge on any atom is 0.269 e. The molecule has 6 nitrogen and oxygen atoms in total. The Morgan fingerprint density at radius 2 is 1.50 bits per heavy atom.